The van der Waals surface area contributed by atoms with Crippen molar-refractivity contribution in [1.29, 1.82) is 5.26 Å². The predicted octanol–water partition coefficient (Wildman–Crippen LogP) is 3.05. The average molecular weight is 439 g/mol. The topological polar surface area (TPSA) is 115 Å². The lowest BCUT2D eigenvalue weighted by Crippen LogP contribution is -2.39. The highest BCUT2D eigenvalue weighted by Crippen LogP contribution is 2.53. The number of rotatable bonds is 4. The van der Waals surface area contributed by atoms with Gasteiger partial charge in [0, 0.05) is 17.7 Å². The van der Waals surface area contributed by atoms with E-state index in [1.807, 2.05) is 6.07 Å². The average Bonchev–Trinajstić information content (AvgIpc) is 2.77. The van der Waals surface area contributed by atoms with Gasteiger partial charge in [-0.3, -0.25) is 4.31 Å². The molecule has 0 aliphatic carbocycles. The van der Waals surface area contributed by atoms with Gasteiger partial charge < -0.3 is 19.9 Å². The number of para-hydroxylation sites is 2. The quantitative estimate of drug-likeness (QED) is 0.778. The Balaban J connectivity index is 2.11. The first-order chi connectivity index (χ1) is 14.9. The first kappa shape index (κ1) is 20.6. The molecule has 0 unspecified atom stereocenters. The number of nitrogens with two attached hydrogens (primary N) is 1. The molecule has 2 N–H and O–H groups in total. The van der Waals surface area contributed by atoms with Crippen molar-refractivity contribution in [3.63, 3.8) is 0 Å². The van der Waals surface area contributed by atoms with Gasteiger partial charge in [0.2, 0.25) is 5.88 Å². The van der Waals surface area contributed by atoms with Crippen LogP contribution in [-0.2, 0) is 14.8 Å². The van der Waals surface area contributed by atoms with E-state index >= 15 is 0 Å². The summed E-state index contributed by atoms with van der Waals surface area (Å²) in [6, 6.07) is 14.2. The second-order valence-corrected chi connectivity index (χ2v) is 8.72. The Morgan fingerprint density at radius 3 is 2.55 bits per heavy atom. The van der Waals surface area contributed by atoms with Gasteiger partial charge in [0.25, 0.3) is 10.0 Å². The molecular formula is C22H21N3O5S. The molecule has 2 aliphatic heterocycles. The number of methoxy groups -OCH3 is 2. The molecule has 0 radical (unpaired) electrons. The fourth-order valence-electron chi connectivity index (χ4n) is 4.10. The highest BCUT2D eigenvalue weighted by atomic mass is 32.2. The normalized spacial score (nSPS) is 19.2. The third-order valence-corrected chi connectivity index (χ3v) is 7.40. The van der Waals surface area contributed by atoms with E-state index in [1.54, 1.807) is 49.4 Å². The number of nitrogens with zero attached hydrogens (tertiary/aromatic N) is 2. The Kier molecular flexibility index (Phi) is 5.03. The van der Waals surface area contributed by atoms with Crippen molar-refractivity contribution in [2.75, 3.05) is 25.1 Å². The lowest BCUT2D eigenvalue weighted by molar-refractivity contribution is 0.345. The lowest BCUT2D eigenvalue weighted by Gasteiger charge is -2.38. The monoisotopic (exact) mass is 439 g/mol. The molecule has 8 nitrogen and oxygen atoms in total. The van der Waals surface area contributed by atoms with Gasteiger partial charge in [-0.1, -0.05) is 24.3 Å². The van der Waals surface area contributed by atoms with E-state index in [0.29, 0.717) is 28.3 Å². The number of hydrogen-bond acceptors (Lipinski definition) is 7. The van der Waals surface area contributed by atoms with E-state index in [4.69, 9.17) is 19.9 Å². The number of nitriles is 1. The summed E-state index contributed by atoms with van der Waals surface area (Å²) in [5, 5.41) is 9.89. The molecule has 0 amide bonds. The fourth-order valence-corrected chi connectivity index (χ4v) is 6.02. The molecule has 160 valence electrons. The number of allylic oxidation sites excluding steroid dienone is 2. The van der Waals surface area contributed by atoms with E-state index < -0.39 is 15.9 Å². The van der Waals surface area contributed by atoms with Crippen LogP contribution in [0.2, 0.25) is 0 Å². The fraction of sp³-hybridized carbons (Fsp3) is 0.227. The highest BCUT2D eigenvalue weighted by molar-refractivity contribution is 7.97. The molecule has 9 heteroatoms. The van der Waals surface area contributed by atoms with Gasteiger partial charge in [0.1, 0.15) is 16.5 Å². The predicted molar refractivity (Wildman–Crippen MR) is 116 cm³/mol. The van der Waals surface area contributed by atoms with Gasteiger partial charge >= 0.3 is 0 Å². The zero-order chi connectivity index (χ0) is 22.3. The molecule has 2 aromatic rings. The van der Waals surface area contributed by atoms with E-state index in [1.165, 1.54) is 18.5 Å². The van der Waals surface area contributed by atoms with E-state index in [2.05, 4.69) is 0 Å². The molecule has 4 rings (SSSR count). The van der Waals surface area contributed by atoms with Gasteiger partial charge in [0.15, 0.2) is 17.3 Å². The van der Waals surface area contributed by atoms with E-state index in [-0.39, 0.29) is 28.7 Å². The smallest absolute Gasteiger partial charge is 0.265 e. The Morgan fingerprint density at radius 2 is 1.90 bits per heavy atom. The molecule has 0 saturated carbocycles. The summed E-state index contributed by atoms with van der Waals surface area (Å²) in [6.45, 7) is 1.96. The lowest BCUT2D eigenvalue weighted by atomic mass is 9.87. The maximum Gasteiger partial charge on any atom is 0.265 e. The summed E-state index contributed by atoms with van der Waals surface area (Å²) in [5.74, 6) is -0.323. The molecule has 31 heavy (non-hydrogen) atoms. The van der Waals surface area contributed by atoms with Crippen molar-refractivity contribution in [3.8, 4) is 17.6 Å². The largest absolute Gasteiger partial charge is 0.493 e. The Hall–Kier alpha value is -3.64. The Bertz CT molecular complexity index is 1270. The SMILES string of the molecule is CCN1c2ccccc2C2=C([C@H](c3cccc(OC)c3OC)C(C#N)=C(N)O2)S1(=O)=O. The third-order valence-electron chi connectivity index (χ3n) is 5.39. The molecular weight excluding hydrogens is 418 g/mol. The van der Waals surface area contributed by atoms with Crippen LogP contribution in [0.25, 0.3) is 5.76 Å². The van der Waals surface area contributed by atoms with Gasteiger partial charge in [-0.15, -0.1) is 0 Å². The van der Waals surface area contributed by atoms with Gasteiger partial charge in [-0.05, 0) is 25.1 Å². The third kappa shape index (κ3) is 2.91. The molecule has 2 aromatic carbocycles. The van der Waals surface area contributed by atoms with Crippen LogP contribution in [0.5, 0.6) is 11.5 Å². The summed E-state index contributed by atoms with van der Waals surface area (Å²) in [7, 11) is -1.10. The number of ether oxygens (including phenoxy) is 3. The van der Waals surface area contributed by atoms with Crippen LogP contribution >= 0.6 is 0 Å². The van der Waals surface area contributed by atoms with Crippen molar-refractivity contribution >= 4 is 21.5 Å². The molecule has 0 aromatic heterocycles. The molecule has 0 bridgehead atoms. The summed E-state index contributed by atoms with van der Waals surface area (Å²) in [6.07, 6.45) is 0. The first-order valence-corrected chi connectivity index (χ1v) is 11.0. The van der Waals surface area contributed by atoms with Crippen LogP contribution < -0.4 is 19.5 Å². The summed E-state index contributed by atoms with van der Waals surface area (Å²) in [4.78, 5) is -0.0506. The summed E-state index contributed by atoms with van der Waals surface area (Å²) < 4.78 is 45.6. The Morgan fingerprint density at radius 1 is 1.16 bits per heavy atom. The second kappa shape index (κ2) is 7.56. The molecule has 0 fully saturated rings. The number of sulfonamides is 1. The Labute approximate surface area is 180 Å². The van der Waals surface area contributed by atoms with Crippen LogP contribution in [-0.4, -0.2) is 29.2 Å². The standard InChI is InChI=1S/C22H21N3O5S/c1-4-25-16-10-6-5-8-13(16)20-21(31(25,26)27)18(15(12-23)22(24)30-20)14-9-7-11-17(28-2)19(14)29-3/h5-11,18H,4,24H2,1-3H3/t18-/m1/s1. The highest BCUT2D eigenvalue weighted by Gasteiger charge is 2.47. The maximum atomic E-state index is 13.8. The van der Waals surface area contributed by atoms with Crippen molar-refractivity contribution in [1.82, 2.24) is 0 Å². The van der Waals surface area contributed by atoms with Gasteiger partial charge in [0.05, 0.1) is 25.8 Å². The second-order valence-electron chi connectivity index (χ2n) is 6.89. The zero-order valence-electron chi connectivity index (χ0n) is 17.2. The van der Waals surface area contributed by atoms with Crippen LogP contribution in [0.3, 0.4) is 0 Å². The number of anilines is 1. The molecule has 0 saturated heterocycles. The van der Waals surface area contributed by atoms with Crippen LogP contribution in [0.1, 0.15) is 24.0 Å². The molecule has 2 heterocycles. The van der Waals surface area contributed by atoms with Crippen molar-refractivity contribution < 1.29 is 22.6 Å². The zero-order valence-corrected chi connectivity index (χ0v) is 18.1. The minimum Gasteiger partial charge on any atom is -0.493 e. The number of benzene rings is 2. The van der Waals surface area contributed by atoms with Gasteiger partial charge in [-0.25, -0.2) is 8.42 Å². The van der Waals surface area contributed by atoms with Gasteiger partial charge in [-0.2, -0.15) is 5.26 Å². The number of hydrogen-bond donors (Lipinski definition) is 1. The van der Waals surface area contributed by atoms with Crippen LogP contribution in [0.15, 0.2) is 58.8 Å². The minimum absolute atomic E-state index is 0.00990. The van der Waals surface area contributed by atoms with Crippen LogP contribution in [0, 0.1) is 11.3 Å². The molecule has 2 aliphatic rings. The molecule has 1 atom stereocenters. The molecule has 0 spiro atoms. The number of fused-ring (bicyclic) bond motifs is 2. The van der Waals surface area contributed by atoms with Crippen molar-refractivity contribution in [2.45, 2.75) is 12.8 Å². The van der Waals surface area contributed by atoms with E-state index in [0.717, 1.165) is 0 Å². The summed E-state index contributed by atoms with van der Waals surface area (Å²) >= 11 is 0. The van der Waals surface area contributed by atoms with Crippen LogP contribution in [0.4, 0.5) is 5.69 Å². The minimum atomic E-state index is -4.05. The van der Waals surface area contributed by atoms with E-state index in [9.17, 15) is 13.7 Å². The van der Waals surface area contributed by atoms with Crippen molar-refractivity contribution in [2.24, 2.45) is 5.73 Å². The van der Waals surface area contributed by atoms with Crippen molar-refractivity contribution in [3.05, 3.63) is 70.0 Å². The maximum absolute atomic E-state index is 13.8. The first-order valence-electron chi connectivity index (χ1n) is 9.55. The summed E-state index contributed by atoms with van der Waals surface area (Å²) in [5.41, 5.74) is 7.63.